The zero-order chi connectivity index (χ0) is 18.1. The van der Waals surface area contributed by atoms with Gasteiger partial charge in [0.05, 0.1) is 11.4 Å². The number of aryl methyl sites for hydroxylation is 1. The quantitative estimate of drug-likeness (QED) is 0.636. The topological polar surface area (TPSA) is 33.4 Å². The number of imidazole rings is 1. The van der Waals surface area contributed by atoms with E-state index in [0.717, 1.165) is 48.2 Å². The predicted molar refractivity (Wildman–Crippen MR) is 106 cm³/mol. The number of aromatic nitrogens is 3. The number of fused-ring (bicyclic) bond motifs is 1. The SMILES string of the molecule is CCCC1CCN(Cc2c(-c3ccc(C)cc3)nc3ccc(Cl)nn23)C1. The second kappa shape index (κ2) is 7.37. The monoisotopic (exact) mass is 368 g/mol. The van der Waals surface area contributed by atoms with Gasteiger partial charge in [0.1, 0.15) is 5.15 Å². The number of likely N-dealkylation sites (tertiary alicyclic amines) is 1. The van der Waals surface area contributed by atoms with Crippen molar-refractivity contribution in [3.05, 3.63) is 52.8 Å². The molecule has 1 aliphatic heterocycles. The van der Waals surface area contributed by atoms with Crippen molar-refractivity contribution in [1.29, 1.82) is 0 Å². The van der Waals surface area contributed by atoms with E-state index in [4.69, 9.17) is 16.6 Å². The van der Waals surface area contributed by atoms with Crippen LogP contribution < -0.4 is 0 Å². The van der Waals surface area contributed by atoms with Crippen LogP contribution in [0, 0.1) is 12.8 Å². The average Bonchev–Trinajstić information content (AvgIpc) is 3.21. The van der Waals surface area contributed by atoms with Crippen LogP contribution in [0.5, 0.6) is 0 Å². The molecule has 0 saturated carbocycles. The minimum atomic E-state index is 0.497. The molecule has 1 atom stereocenters. The molecule has 0 amide bonds. The maximum Gasteiger partial charge on any atom is 0.154 e. The maximum absolute atomic E-state index is 6.17. The maximum atomic E-state index is 6.17. The van der Waals surface area contributed by atoms with Gasteiger partial charge in [-0.2, -0.15) is 5.10 Å². The summed E-state index contributed by atoms with van der Waals surface area (Å²) in [5.41, 5.74) is 5.38. The van der Waals surface area contributed by atoms with E-state index in [1.165, 1.54) is 24.8 Å². The summed E-state index contributed by atoms with van der Waals surface area (Å²) in [6, 6.07) is 12.3. The van der Waals surface area contributed by atoms with E-state index in [-0.39, 0.29) is 0 Å². The first-order valence-corrected chi connectivity index (χ1v) is 9.85. The van der Waals surface area contributed by atoms with Crippen molar-refractivity contribution in [2.45, 2.75) is 39.7 Å². The molecule has 1 aliphatic rings. The number of benzene rings is 1. The predicted octanol–water partition coefficient (Wildman–Crippen LogP) is 4.98. The van der Waals surface area contributed by atoms with Crippen molar-refractivity contribution in [2.24, 2.45) is 5.92 Å². The fraction of sp³-hybridized carbons (Fsp3) is 0.429. The fourth-order valence-corrected chi connectivity index (χ4v) is 4.09. The summed E-state index contributed by atoms with van der Waals surface area (Å²) in [7, 11) is 0. The van der Waals surface area contributed by atoms with E-state index < -0.39 is 0 Å². The van der Waals surface area contributed by atoms with Gasteiger partial charge in [-0.25, -0.2) is 9.50 Å². The molecule has 3 aromatic rings. The molecule has 1 unspecified atom stereocenters. The lowest BCUT2D eigenvalue weighted by molar-refractivity contribution is 0.307. The minimum absolute atomic E-state index is 0.497. The Hall–Kier alpha value is -1.91. The first-order valence-electron chi connectivity index (χ1n) is 9.47. The molecule has 0 aliphatic carbocycles. The lowest BCUT2D eigenvalue weighted by Crippen LogP contribution is -2.21. The molecule has 1 fully saturated rings. The Morgan fingerprint density at radius 2 is 1.96 bits per heavy atom. The third kappa shape index (κ3) is 3.49. The van der Waals surface area contributed by atoms with Crippen LogP contribution in [0.25, 0.3) is 16.9 Å². The lowest BCUT2D eigenvalue weighted by atomic mass is 10.0. The average molecular weight is 369 g/mol. The first-order chi connectivity index (χ1) is 12.6. The minimum Gasteiger partial charge on any atom is -0.297 e. The summed E-state index contributed by atoms with van der Waals surface area (Å²) in [5.74, 6) is 0.818. The van der Waals surface area contributed by atoms with Crippen LogP contribution >= 0.6 is 11.6 Å². The number of halogens is 1. The van der Waals surface area contributed by atoms with E-state index in [1.807, 2.05) is 10.6 Å². The summed E-state index contributed by atoms with van der Waals surface area (Å²) in [6.07, 6.45) is 3.87. The Labute approximate surface area is 159 Å². The summed E-state index contributed by atoms with van der Waals surface area (Å²) >= 11 is 6.17. The number of rotatable bonds is 5. The standard InChI is InChI=1S/C21H25ClN4/c1-3-4-16-11-12-25(13-16)14-18-21(17-7-5-15(2)6-8-17)23-20-10-9-19(22)24-26(18)20/h5-10,16H,3-4,11-14H2,1-2H3. The van der Waals surface area contributed by atoms with Gasteiger partial charge in [0.25, 0.3) is 0 Å². The summed E-state index contributed by atoms with van der Waals surface area (Å²) < 4.78 is 1.92. The molecular formula is C21H25ClN4. The van der Waals surface area contributed by atoms with Crippen molar-refractivity contribution in [3.63, 3.8) is 0 Å². The Morgan fingerprint density at radius 3 is 2.73 bits per heavy atom. The normalized spacial score (nSPS) is 18.0. The highest BCUT2D eigenvalue weighted by Crippen LogP contribution is 2.29. The molecule has 4 rings (SSSR count). The van der Waals surface area contributed by atoms with Crippen molar-refractivity contribution < 1.29 is 0 Å². The van der Waals surface area contributed by atoms with Gasteiger partial charge in [0.2, 0.25) is 0 Å². The molecule has 136 valence electrons. The molecule has 5 heteroatoms. The molecule has 2 aromatic heterocycles. The number of hydrogen-bond acceptors (Lipinski definition) is 3. The molecule has 1 aromatic carbocycles. The van der Waals surface area contributed by atoms with Crippen molar-refractivity contribution in [3.8, 4) is 11.3 Å². The molecule has 0 bridgehead atoms. The van der Waals surface area contributed by atoms with Crippen LogP contribution in [0.3, 0.4) is 0 Å². The Bertz CT molecular complexity index is 900. The van der Waals surface area contributed by atoms with Gasteiger partial charge >= 0.3 is 0 Å². The van der Waals surface area contributed by atoms with E-state index in [0.29, 0.717) is 5.15 Å². The Kier molecular flexibility index (Phi) is 4.96. The third-order valence-corrected chi connectivity index (χ3v) is 5.50. The van der Waals surface area contributed by atoms with Gasteiger partial charge < -0.3 is 0 Å². The summed E-state index contributed by atoms with van der Waals surface area (Å²) in [4.78, 5) is 7.40. The van der Waals surface area contributed by atoms with Gasteiger partial charge in [0, 0.05) is 18.7 Å². The van der Waals surface area contributed by atoms with Crippen molar-refractivity contribution in [1.82, 2.24) is 19.5 Å². The van der Waals surface area contributed by atoms with Crippen LogP contribution in [0.15, 0.2) is 36.4 Å². The zero-order valence-corrected chi connectivity index (χ0v) is 16.2. The summed E-state index contributed by atoms with van der Waals surface area (Å²) in [5, 5.41) is 5.03. The van der Waals surface area contributed by atoms with Crippen LogP contribution in [-0.4, -0.2) is 32.6 Å². The lowest BCUT2D eigenvalue weighted by Gasteiger charge is -2.16. The highest BCUT2D eigenvalue weighted by molar-refractivity contribution is 6.29. The zero-order valence-electron chi connectivity index (χ0n) is 15.5. The van der Waals surface area contributed by atoms with Gasteiger partial charge in [-0.15, -0.1) is 0 Å². The van der Waals surface area contributed by atoms with Crippen LogP contribution in [0.1, 0.15) is 37.4 Å². The van der Waals surface area contributed by atoms with E-state index in [9.17, 15) is 0 Å². The van der Waals surface area contributed by atoms with E-state index in [2.05, 4.69) is 48.1 Å². The van der Waals surface area contributed by atoms with E-state index in [1.54, 1.807) is 6.07 Å². The third-order valence-electron chi connectivity index (χ3n) is 5.30. The van der Waals surface area contributed by atoms with Gasteiger partial charge in [0.15, 0.2) is 5.65 Å². The Morgan fingerprint density at radius 1 is 1.15 bits per heavy atom. The molecule has 0 N–H and O–H groups in total. The van der Waals surface area contributed by atoms with Crippen LogP contribution in [0.2, 0.25) is 5.15 Å². The molecule has 0 spiro atoms. The van der Waals surface area contributed by atoms with Crippen LogP contribution in [0.4, 0.5) is 0 Å². The van der Waals surface area contributed by atoms with Crippen molar-refractivity contribution >= 4 is 17.2 Å². The van der Waals surface area contributed by atoms with Gasteiger partial charge in [-0.05, 0) is 44.4 Å². The highest BCUT2D eigenvalue weighted by atomic mass is 35.5. The van der Waals surface area contributed by atoms with Crippen LogP contribution in [-0.2, 0) is 6.54 Å². The molecular weight excluding hydrogens is 344 g/mol. The first kappa shape index (κ1) is 17.5. The molecule has 26 heavy (non-hydrogen) atoms. The second-order valence-electron chi connectivity index (χ2n) is 7.38. The highest BCUT2D eigenvalue weighted by Gasteiger charge is 2.25. The van der Waals surface area contributed by atoms with Gasteiger partial charge in [-0.1, -0.05) is 54.8 Å². The second-order valence-corrected chi connectivity index (χ2v) is 7.76. The van der Waals surface area contributed by atoms with Crippen molar-refractivity contribution in [2.75, 3.05) is 13.1 Å². The molecule has 3 heterocycles. The number of nitrogens with zero attached hydrogens (tertiary/aromatic N) is 4. The molecule has 1 saturated heterocycles. The van der Waals surface area contributed by atoms with E-state index >= 15 is 0 Å². The molecule has 0 radical (unpaired) electrons. The number of hydrogen-bond donors (Lipinski definition) is 0. The van der Waals surface area contributed by atoms with Gasteiger partial charge in [-0.3, -0.25) is 4.90 Å². The fourth-order valence-electron chi connectivity index (χ4n) is 3.95. The molecule has 4 nitrogen and oxygen atoms in total. The summed E-state index contributed by atoms with van der Waals surface area (Å²) in [6.45, 7) is 7.54. The smallest absolute Gasteiger partial charge is 0.154 e. The Balaban J connectivity index is 1.72. The largest absolute Gasteiger partial charge is 0.297 e.